The summed E-state index contributed by atoms with van der Waals surface area (Å²) in [7, 11) is 0. The zero-order valence-corrected chi connectivity index (χ0v) is 16.8. The van der Waals surface area contributed by atoms with E-state index in [1.165, 1.54) is 73.9 Å². The van der Waals surface area contributed by atoms with Crippen LogP contribution in [0.25, 0.3) is 16.9 Å². The van der Waals surface area contributed by atoms with Crippen LogP contribution in [0.15, 0.2) is 36.5 Å². The Hall–Kier alpha value is -2.33. The van der Waals surface area contributed by atoms with Crippen molar-refractivity contribution in [1.82, 2.24) is 14.3 Å². The molecule has 1 fully saturated rings. The number of pyridine rings is 1. The number of aromatic nitrogens is 2. The van der Waals surface area contributed by atoms with Crippen LogP contribution in [0.5, 0.6) is 0 Å². The Labute approximate surface area is 167 Å². The van der Waals surface area contributed by atoms with Gasteiger partial charge < -0.3 is 10.1 Å². The minimum atomic E-state index is 0.622. The Morgan fingerprint density at radius 2 is 1.89 bits per heavy atom. The van der Waals surface area contributed by atoms with Gasteiger partial charge in [-0.05, 0) is 81.3 Å². The summed E-state index contributed by atoms with van der Waals surface area (Å²) in [6.07, 6.45) is 11.0. The molecule has 0 spiro atoms. The average Bonchev–Trinajstić information content (AvgIpc) is 3.07. The third-order valence-electron chi connectivity index (χ3n) is 6.66. The first kappa shape index (κ1) is 17.7. The van der Waals surface area contributed by atoms with E-state index in [2.05, 4.69) is 34.4 Å². The van der Waals surface area contributed by atoms with Gasteiger partial charge in [0.05, 0.1) is 11.4 Å². The Balaban J connectivity index is 1.61. The van der Waals surface area contributed by atoms with E-state index in [1.54, 1.807) is 0 Å². The fraction of sp³-hybridized carbons (Fsp3) is 0.458. The molecule has 2 aliphatic rings. The zero-order chi connectivity index (χ0) is 19.1. The van der Waals surface area contributed by atoms with Crippen LogP contribution in [0.3, 0.4) is 0 Å². The maximum atomic E-state index is 6.13. The molecule has 1 atom stereocenters. The Morgan fingerprint density at radius 1 is 1.04 bits per heavy atom. The van der Waals surface area contributed by atoms with Crippen LogP contribution in [0.1, 0.15) is 55.8 Å². The number of imidazole rings is 1. The molecule has 0 radical (unpaired) electrons. The molecule has 4 nitrogen and oxygen atoms in total. The molecule has 3 heterocycles. The number of hydrogen-bond donors (Lipinski definition) is 1. The van der Waals surface area contributed by atoms with Crippen LogP contribution in [-0.4, -0.2) is 26.9 Å². The molecule has 1 aliphatic carbocycles. The van der Waals surface area contributed by atoms with Crippen molar-refractivity contribution in [2.75, 3.05) is 12.3 Å². The van der Waals surface area contributed by atoms with Crippen LogP contribution in [0, 0.1) is 0 Å². The summed E-state index contributed by atoms with van der Waals surface area (Å²) in [6, 6.07) is 11.6. The van der Waals surface area contributed by atoms with Crippen molar-refractivity contribution in [3.63, 3.8) is 0 Å². The lowest BCUT2D eigenvalue weighted by atomic mass is 9.89. The highest BCUT2D eigenvalue weighted by Crippen LogP contribution is 2.31. The van der Waals surface area contributed by atoms with Gasteiger partial charge in [-0.3, -0.25) is 4.90 Å². The van der Waals surface area contributed by atoms with Crippen molar-refractivity contribution in [3.05, 3.63) is 53.3 Å². The van der Waals surface area contributed by atoms with E-state index in [1.807, 2.05) is 18.3 Å². The topological polar surface area (TPSA) is 46.6 Å². The van der Waals surface area contributed by atoms with Crippen LogP contribution in [-0.2, 0) is 19.4 Å². The standard InChI is InChI=1S/C24H30N4/c1-17-6-4-5-13-27(17)16-22-24(26-23-12-11-21(25)15-28(22)23)20-10-9-18-7-2-3-8-19(18)14-20/h9-12,14-15,17H,2-8,13,16,25H2,1H3. The van der Waals surface area contributed by atoms with Crippen molar-refractivity contribution in [2.24, 2.45) is 0 Å². The third-order valence-corrected chi connectivity index (χ3v) is 6.66. The van der Waals surface area contributed by atoms with Gasteiger partial charge in [0.15, 0.2) is 0 Å². The Kier molecular flexibility index (Phi) is 4.59. The predicted molar refractivity (Wildman–Crippen MR) is 115 cm³/mol. The van der Waals surface area contributed by atoms with Crippen LogP contribution >= 0.6 is 0 Å². The van der Waals surface area contributed by atoms with Gasteiger partial charge in [-0.25, -0.2) is 4.98 Å². The molecule has 0 amide bonds. The van der Waals surface area contributed by atoms with E-state index in [-0.39, 0.29) is 0 Å². The van der Waals surface area contributed by atoms with Crippen molar-refractivity contribution < 1.29 is 0 Å². The monoisotopic (exact) mass is 374 g/mol. The number of benzene rings is 1. The fourth-order valence-electron chi connectivity index (χ4n) is 4.96. The maximum Gasteiger partial charge on any atom is 0.137 e. The number of likely N-dealkylation sites (tertiary alicyclic amines) is 1. The minimum Gasteiger partial charge on any atom is -0.398 e. The van der Waals surface area contributed by atoms with Crippen molar-refractivity contribution >= 4 is 11.3 Å². The summed E-state index contributed by atoms with van der Waals surface area (Å²) < 4.78 is 2.21. The molecule has 1 saturated heterocycles. The van der Waals surface area contributed by atoms with E-state index in [0.717, 1.165) is 23.6 Å². The number of fused-ring (bicyclic) bond motifs is 2. The third kappa shape index (κ3) is 3.20. The van der Waals surface area contributed by atoms with E-state index < -0.39 is 0 Å². The summed E-state index contributed by atoms with van der Waals surface area (Å²) in [4.78, 5) is 7.65. The molecular weight excluding hydrogens is 344 g/mol. The molecule has 2 aromatic heterocycles. The van der Waals surface area contributed by atoms with E-state index in [9.17, 15) is 0 Å². The Morgan fingerprint density at radius 3 is 2.75 bits per heavy atom. The second kappa shape index (κ2) is 7.25. The average molecular weight is 375 g/mol. The van der Waals surface area contributed by atoms with E-state index in [4.69, 9.17) is 10.7 Å². The lowest BCUT2D eigenvalue weighted by Gasteiger charge is -2.33. The van der Waals surface area contributed by atoms with Crippen molar-refractivity contribution in [2.45, 2.75) is 64.5 Å². The zero-order valence-electron chi connectivity index (χ0n) is 16.8. The van der Waals surface area contributed by atoms with Gasteiger partial charge in [0.1, 0.15) is 5.65 Å². The molecule has 0 bridgehead atoms. The lowest BCUT2D eigenvalue weighted by Crippen LogP contribution is -2.37. The van der Waals surface area contributed by atoms with Gasteiger partial charge >= 0.3 is 0 Å². The fourth-order valence-corrected chi connectivity index (χ4v) is 4.96. The summed E-state index contributed by atoms with van der Waals surface area (Å²) >= 11 is 0. The van der Waals surface area contributed by atoms with Crippen LogP contribution in [0.4, 0.5) is 5.69 Å². The van der Waals surface area contributed by atoms with Gasteiger partial charge in [-0.1, -0.05) is 18.6 Å². The highest BCUT2D eigenvalue weighted by molar-refractivity contribution is 5.68. The van der Waals surface area contributed by atoms with Gasteiger partial charge in [-0.15, -0.1) is 0 Å². The van der Waals surface area contributed by atoms with Crippen molar-refractivity contribution in [1.29, 1.82) is 0 Å². The molecule has 2 N–H and O–H groups in total. The van der Waals surface area contributed by atoms with Gasteiger partial charge in [0, 0.05) is 30.0 Å². The first-order chi connectivity index (χ1) is 13.7. The van der Waals surface area contributed by atoms with E-state index in [0.29, 0.717) is 6.04 Å². The molecule has 1 unspecified atom stereocenters. The minimum absolute atomic E-state index is 0.622. The lowest BCUT2D eigenvalue weighted by molar-refractivity contribution is 0.151. The molecule has 1 aliphatic heterocycles. The highest BCUT2D eigenvalue weighted by atomic mass is 15.2. The summed E-state index contributed by atoms with van der Waals surface area (Å²) in [5.41, 5.74) is 14.6. The number of rotatable bonds is 3. The van der Waals surface area contributed by atoms with Crippen LogP contribution in [0.2, 0.25) is 0 Å². The first-order valence-corrected chi connectivity index (χ1v) is 10.8. The molecule has 0 saturated carbocycles. The predicted octanol–water partition coefficient (Wildman–Crippen LogP) is 4.84. The molecule has 3 aromatic rings. The summed E-state index contributed by atoms with van der Waals surface area (Å²) in [5, 5.41) is 0. The smallest absolute Gasteiger partial charge is 0.137 e. The number of nitrogens with two attached hydrogens (primary N) is 1. The molecular formula is C24H30N4. The maximum absolute atomic E-state index is 6.13. The van der Waals surface area contributed by atoms with Gasteiger partial charge in [0.2, 0.25) is 0 Å². The number of aryl methyl sites for hydroxylation is 2. The highest BCUT2D eigenvalue weighted by Gasteiger charge is 2.23. The molecule has 4 heteroatoms. The summed E-state index contributed by atoms with van der Waals surface area (Å²) in [5.74, 6) is 0. The van der Waals surface area contributed by atoms with E-state index >= 15 is 0 Å². The van der Waals surface area contributed by atoms with Crippen LogP contribution < -0.4 is 5.73 Å². The normalized spacial score (nSPS) is 20.4. The summed E-state index contributed by atoms with van der Waals surface area (Å²) in [6.45, 7) is 4.45. The largest absolute Gasteiger partial charge is 0.398 e. The van der Waals surface area contributed by atoms with Gasteiger partial charge in [-0.2, -0.15) is 0 Å². The van der Waals surface area contributed by atoms with Gasteiger partial charge in [0.25, 0.3) is 0 Å². The number of nitrogen functional groups attached to an aromatic ring is 1. The molecule has 5 rings (SSSR count). The molecule has 28 heavy (non-hydrogen) atoms. The molecule has 146 valence electrons. The Bertz CT molecular complexity index is 1000. The number of piperidine rings is 1. The second-order valence-corrected chi connectivity index (χ2v) is 8.60. The van der Waals surface area contributed by atoms with Crippen molar-refractivity contribution in [3.8, 4) is 11.3 Å². The molecule has 1 aromatic carbocycles. The second-order valence-electron chi connectivity index (χ2n) is 8.60. The number of anilines is 1. The quantitative estimate of drug-likeness (QED) is 0.714. The number of nitrogens with zero attached hydrogens (tertiary/aromatic N) is 3. The number of hydrogen-bond acceptors (Lipinski definition) is 3. The SMILES string of the molecule is CC1CCCCN1Cc1c(-c2ccc3c(c2)CCCC3)nc2ccc(N)cn12. The first-order valence-electron chi connectivity index (χ1n) is 10.8.